The van der Waals surface area contributed by atoms with Gasteiger partial charge in [-0.15, -0.1) is 34.0 Å². The Morgan fingerprint density at radius 2 is 0.882 bits per heavy atom. The largest absolute Gasteiger partial charge is 0.140 e. The molecule has 3 heterocycles. The number of rotatable bonds is 2. The minimum Gasteiger partial charge on any atom is -0.140 e. The van der Waals surface area contributed by atoms with E-state index in [2.05, 4.69) is 50.2 Å². The van der Waals surface area contributed by atoms with Gasteiger partial charge in [0.05, 0.1) is 0 Å². The smallest absolute Gasteiger partial charge is 0.0449 e. The van der Waals surface area contributed by atoms with Crippen LogP contribution in [0.1, 0.15) is 9.75 Å². The van der Waals surface area contributed by atoms with Crippen LogP contribution in [0.2, 0.25) is 0 Å². The van der Waals surface area contributed by atoms with Crippen LogP contribution in [0.5, 0.6) is 0 Å². The van der Waals surface area contributed by atoms with Gasteiger partial charge in [0.2, 0.25) is 0 Å². The molecular weight excluding hydrogens is 264 g/mol. The van der Waals surface area contributed by atoms with Gasteiger partial charge in [-0.25, -0.2) is 0 Å². The predicted octanol–water partition coefficient (Wildman–Crippen LogP) is 5.82. The molecule has 0 saturated heterocycles. The molecule has 0 atom stereocenters. The molecule has 3 heteroatoms. The fourth-order valence-electron chi connectivity index (χ4n) is 1.74. The van der Waals surface area contributed by atoms with Gasteiger partial charge in [-0.1, -0.05) is 0 Å². The van der Waals surface area contributed by atoms with Crippen molar-refractivity contribution in [3.63, 3.8) is 0 Å². The van der Waals surface area contributed by atoms with E-state index < -0.39 is 0 Å². The van der Waals surface area contributed by atoms with Crippen molar-refractivity contribution in [3.8, 4) is 19.5 Å². The number of aryl methyl sites for hydroxylation is 2. The van der Waals surface area contributed by atoms with Crippen LogP contribution in [0.25, 0.3) is 19.5 Å². The topological polar surface area (TPSA) is 0 Å². The molecule has 0 amide bonds. The molecule has 0 saturated carbocycles. The summed E-state index contributed by atoms with van der Waals surface area (Å²) >= 11 is 5.62. The molecule has 0 aliphatic carbocycles. The van der Waals surface area contributed by atoms with E-state index in [1.54, 1.807) is 0 Å². The second-order valence-electron chi connectivity index (χ2n) is 3.98. The summed E-state index contributed by atoms with van der Waals surface area (Å²) in [6.07, 6.45) is 0. The highest BCUT2D eigenvalue weighted by Gasteiger charge is 2.07. The van der Waals surface area contributed by atoms with E-state index in [9.17, 15) is 0 Å². The van der Waals surface area contributed by atoms with E-state index in [1.807, 2.05) is 34.0 Å². The van der Waals surface area contributed by atoms with Gasteiger partial charge in [0, 0.05) is 29.3 Å². The van der Waals surface area contributed by atoms with Crippen LogP contribution in [-0.2, 0) is 0 Å². The van der Waals surface area contributed by atoms with E-state index in [0.29, 0.717) is 0 Å². The maximum atomic E-state index is 2.24. The van der Waals surface area contributed by atoms with Gasteiger partial charge in [0.25, 0.3) is 0 Å². The average Bonchev–Trinajstić information content (AvgIpc) is 2.96. The first-order valence-electron chi connectivity index (χ1n) is 5.46. The molecule has 0 aliphatic heterocycles. The number of hydrogen-bond donors (Lipinski definition) is 0. The minimum atomic E-state index is 1.38. The summed E-state index contributed by atoms with van der Waals surface area (Å²) in [6, 6.07) is 13.3. The van der Waals surface area contributed by atoms with E-state index in [4.69, 9.17) is 0 Å². The lowest BCUT2D eigenvalue weighted by atomic mass is 10.3. The Kier molecular flexibility index (Phi) is 2.90. The fourth-order valence-corrected chi connectivity index (χ4v) is 4.66. The molecule has 0 bridgehead atoms. The highest BCUT2D eigenvalue weighted by molar-refractivity contribution is 7.26. The van der Waals surface area contributed by atoms with Crippen LogP contribution in [0.15, 0.2) is 36.4 Å². The molecule has 86 valence electrons. The summed E-state index contributed by atoms with van der Waals surface area (Å²) in [5.41, 5.74) is 0. The highest BCUT2D eigenvalue weighted by atomic mass is 32.1. The molecule has 0 spiro atoms. The van der Waals surface area contributed by atoms with Gasteiger partial charge in [0.1, 0.15) is 0 Å². The zero-order valence-electron chi connectivity index (χ0n) is 9.69. The molecule has 3 aromatic heterocycles. The minimum absolute atomic E-state index is 1.38. The average molecular weight is 276 g/mol. The van der Waals surface area contributed by atoms with E-state index in [0.717, 1.165) is 0 Å². The SMILES string of the molecule is Cc1ccc(-c2ccc(-c3ccc(C)s3)s2)s1. The second-order valence-corrected chi connectivity index (χ2v) is 7.64. The number of thiophene rings is 3. The lowest BCUT2D eigenvalue weighted by Crippen LogP contribution is -1.57. The molecule has 3 rings (SSSR count). The van der Waals surface area contributed by atoms with Gasteiger partial charge in [0.15, 0.2) is 0 Å². The summed E-state index contributed by atoms with van der Waals surface area (Å²) in [6.45, 7) is 4.32. The van der Waals surface area contributed by atoms with Gasteiger partial charge in [-0.2, -0.15) is 0 Å². The van der Waals surface area contributed by atoms with Crippen LogP contribution >= 0.6 is 34.0 Å². The lowest BCUT2D eigenvalue weighted by Gasteiger charge is -1.90. The Labute approximate surface area is 113 Å². The third-order valence-corrected chi connectivity index (χ3v) is 6.05. The van der Waals surface area contributed by atoms with Crippen molar-refractivity contribution in [2.75, 3.05) is 0 Å². The van der Waals surface area contributed by atoms with Gasteiger partial charge in [-0.05, 0) is 50.2 Å². The van der Waals surface area contributed by atoms with Gasteiger partial charge >= 0.3 is 0 Å². The molecular formula is C14H12S3. The maximum Gasteiger partial charge on any atom is 0.0449 e. The monoisotopic (exact) mass is 276 g/mol. The molecule has 0 N–H and O–H groups in total. The zero-order chi connectivity index (χ0) is 11.8. The summed E-state index contributed by atoms with van der Waals surface area (Å²) in [7, 11) is 0. The van der Waals surface area contributed by atoms with Gasteiger partial charge < -0.3 is 0 Å². The van der Waals surface area contributed by atoms with Crippen molar-refractivity contribution in [2.45, 2.75) is 13.8 Å². The van der Waals surface area contributed by atoms with Crippen molar-refractivity contribution in [2.24, 2.45) is 0 Å². The third kappa shape index (κ3) is 2.23. The van der Waals surface area contributed by atoms with Crippen molar-refractivity contribution in [1.29, 1.82) is 0 Å². The predicted molar refractivity (Wildman–Crippen MR) is 80.4 cm³/mol. The maximum absolute atomic E-state index is 2.24. The van der Waals surface area contributed by atoms with Crippen molar-refractivity contribution in [3.05, 3.63) is 46.2 Å². The molecule has 17 heavy (non-hydrogen) atoms. The number of hydrogen-bond acceptors (Lipinski definition) is 3. The van der Waals surface area contributed by atoms with Crippen molar-refractivity contribution in [1.82, 2.24) is 0 Å². The molecule has 0 aliphatic rings. The fraction of sp³-hybridized carbons (Fsp3) is 0.143. The van der Waals surface area contributed by atoms with Crippen LogP contribution in [0, 0.1) is 13.8 Å². The quantitative estimate of drug-likeness (QED) is 0.553. The molecule has 3 aromatic rings. The molecule has 0 fully saturated rings. The Morgan fingerprint density at radius 1 is 0.529 bits per heavy atom. The summed E-state index contributed by atoms with van der Waals surface area (Å²) in [4.78, 5) is 8.27. The van der Waals surface area contributed by atoms with Crippen LogP contribution in [0.3, 0.4) is 0 Å². The first-order valence-corrected chi connectivity index (χ1v) is 7.91. The van der Waals surface area contributed by atoms with E-state index in [1.165, 1.54) is 29.3 Å². The van der Waals surface area contributed by atoms with Crippen molar-refractivity contribution < 1.29 is 0 Å². The summed E-state index contributed by atoms with van der Waals surface area (Å²) < 4.78 is 0. The Hall–Kier alpha value is -0.900. The normalized spacial score (nSPS) is 10.9. The standard InChI is InChI=1S/C14H12S3/c1-9-3-5-11(15-9)13-7-8-14(17-13)12-6-4-10(2)16-12/h3-8H,1-2H3. The second kappa shape index (κ2) is 4.41. The molecule has 0 aromatic carbocycles. The summed E-state index contributed by atoms with van der Waals surface area (Å²) in [5.74, 6) is 0. The lowest BCUT2D eigenvalue weighted by molar-refractivity contribution is 1.64. The highest BCUT2D eigenvalue weighted by Crippen LogP contribution is 2.39. The van der Waals surface area contributed by atoms with E-state index in [-0.39, 0.29) is 0 Å². The van der Waals surface area contributed by atoms with Crippen molar-refractivity contribution >= 4 is 34.0 Å². The molecule has 0 nitrogen and oxygen atoms in total. The van der Waals surface area contributed by atoms with Crippen LogP contribution < -0.4 is 0 Å². The Bertz CT molecular complexity index is 585. The van der Waals surface area contributed by atoms with Crippen LogP contribution in [-0.4, -0.2) is 0 Å². The summed E-state index contributed by atoms with van der Waals surface area (Å²) in [5, 5.41) is 0. The molecule has 0 unspecified atom stereocenters. The Balaban J connectivity index is 1.98. The third-order valence-electron chi connectivity index (χ3n) is 2.57. The first-order chi connectivity index (χ1) is 8.22. The van der Waals surface area contributed by atoms with Crippen LogP contribution in [0.4, 0.5) is 0 Å². The van der Waals surface area contributed by atoms with E-state index >= 15 is 0 Å². The molecule has 0 radical (unpaired) electrons. The zero-order valence-corrected chi connectivity index (χ0v) is 12.1. The van der Waals surface area contributed by atoms with Gasteiger partial charge in [-0.3, -0.25) is 0 Å². The Morgan fingerprint density at radius 3 is 1.24 bits per heavy atom. The first kappa shape index (κ1) is 11.2.